The number of nitrogens with one attached hydrogen (secondary N) is 1. The van der Waals surface area contributed by atoms with E-state index in [9.17, 15) is 13.2 Å². The van der Waals surface area contributed by atoms with Crippen molar-refractivity contribution in [3.05, 3.63) is 0 Å². The topological polar surface area (TPSA) is 15.3 Å². The molecular formula is C16H29F3N2. The van der Waals surface area contributed by atoms with Gasteiger partial charge in [-0.05, 0) is 44.7 Å². The van der Waals surface area contributed by atoms with Crippen LogP contribution in [0, 0.1) is 11.8 Å². The van der Waals surface area contributed by atoms with Gasteiger partial charge in [0.15, 0.2) is 0 Å². The average molecular weight is 306 g/mol. The van der Waals surface area contributed by atoms with Crippen molar-refractivity contribution in [3.63, 3.8) is 0 Å². The van der Waals surface area contributed by atoms with Gasteiger partial charge in [0.2, 0.25) is 0 Å². The molecule has 1 saturated heterocycles. The van der Waals surface area contributed by atoms with Crippen molar-refractivity contribution < 1.29 is 13.2 Å². The van der Waals surface area contributed by atoms with Crippen LogP contribution in [-0.4, -0.2) is 43.3 Å². The minimum atomic E-state index is -4.02. The molecule has 1 N–H and O–H groups in total. The van der Waals surface area contributed by atoms with E-state index in [0.29, 0.717) is 24.8 Å². The van der Waals surface area contributed by atoms with E-state index in [-0.39, 0.29) is 6.54 Å². The van der Waals surface area contributed by atoms with Crippen LogP contribution in [0.5, 0.6) is 0 Å². The fraction of sp³-hybridized carbons (Fsp3) is 1.00. The Kier molecular flexibility index (Phi) is 6.35. The molecule has 0 aromatic carbocycles. The summed E-state index contributed by atoms with van der Waals surface area (Å²) in [6, 6.07) is 0.490. The zero-order valence-corrected chi connectivity index (χ0v) is 13.1. The number of alkyl halides is 3. The highest BCUT2D eigenvalue weighted by Gasteiger charge is 2.42. The normalized spacial score (nSPS) is 32.9. The van der Waals surface area contributed by atoms with Gasteiger partial charge in [-0.3, -0.25) is 0 Å². The molecule has 1 saturated carbocycles. The predicted octanol–water partition coefficient (Wildman–Crippen LogP) is 3.82. The highest BCUT2D eigenvalue weighted by Crippen LogP contribution is 2.34. The van der Waals surface area contributed by atoms with Crippen molar-refractivity contribution in [2.45, 2.75) is 64.1 Å². The lowest BCUT2D eigenvalue weighted by molar-refractivity contribution is -0.187. The lowest BCUT2D eigenvalue weighted by atomic mass is 9.91. The van der Waals surface area contributed by atoms with Crippen molar-refractivity contribution in [2.75, 3.05) is 26.2 Å². The fourth-order valence-corrected chi connectivity index (χ4v) is 3.95. The zero-order valence-electron chi connectivity index (χ0n) is 13.1. The second-order valence-corrected chi connectivity index (χ2v) is 6.70. The Morgan fingerprint density at radius 1 is 1.05 bits per heavy atom. The van der Waals surface area contributed by atoms with E-state index < -0.39 is 12.1 Å². The number of rotatable bonds is 4. The van der Waals surface area contributed by atoms with Crippen LogP contribution in [0.3, 0.4) is 0 Å². The summed E-state index contributed by atoms with van der Waals surface area (Å²) in [5.41, 5.74) is 0. The third-order valence-electron chi connectivity index (χ3n) is 5.09. The van der Waals surface area contributed by atoms with E-state index in [1.54, 1.807) is 0 Å². The average Bonchev–Trinajstić information content (AvgIpc) is 2.65. The van der Waals surface area contributed by atoms with Gasteiger partial charge in [0.05, 0.1) is 5.92 Å². The van der Waals surface area contributed by atoms with Gasteiger partial charge in [-0.1, -0.05) is 26.2 Å². The number of nitrogens with zero attached hydrogens (tertiary/aromatic N) is 1. The summed E-state index contributed by atoms with van der Waals surface area (Å²) in [5, 5.41) is 3.56. The molecule has 1 aliphatic carbocycles. The Bertz CT molecular complexity index is 306. The molecule has 0 amide bonds. The summed E-state index contributed by atoms with van der Waals surface area (Å²) in [7, 11) is 0. The molecule has 124 valence electrons. The highest BCUT2D eigenvalue weighted by atomic mass is 19.4. The number of hydrogen-bond donors (Lipinski definition) is 1. The second kappa shape index (κ2) is 7.82. The van der Waals surface area contributed by atoms with Gasteiger partial charge in [0.25, 0.3) is 0 Å². The quantitative estimate of drug-likeness (QED) is 0.794. The summed E-state index contributed by atoms with van der Waals surface area (Å²) >= 11 is 0. The van der Waals surface area contributed by atoms with Crippen LogP contribution in [0.4, 0.5) is 13.2 Å². The summed E-state index contributed by atoms with van der Waals surface area (Å²) in [6.45, 7) is 4.94. The smallest absolute Gasteiger partial charge is 0.314 e. The van der Waals surface area contributed by atoms with E-state index >= 15 is 0 Å². The number of piperidine rings is 1. The third-order valence-corrected chi connectivity index (χ3v) is 5.09. The molecule has 3 atom stereocenters. The van der Waals surface area contributed by atoms with Gasteiger partial charge in [0.1, 0.15) is 0 Å². The van der Waals surface area contributed by atoms with E-state index in [1.807, 2.05) is 0 Å². The van der Waals surface area contributed by atoms with E-state index in [2.05, 4.69) is 17.1 Å². The lowest BCUT2D eigenvalue weighted by Crippen LogP contribution is -2.47. The standard InChI is InChI=1S/C16H29F3N2/c1-2-20-15-9-5-3-4-7-13(15)11-21-10-6-8-14(12-21)16(17,18)19/h13-15,20H,2-12H2,1H3. The molecule has 5 heteroatoms. The van der Waals surface area contributed by atoms with Crippen LogP contribution in [0.1, 0.15) is 51.9 Å². The molecule has 0 bridgehead atoms. The molecule has 0 spiro atoms. The molecule has 0 radical (unpaired) electrons. The van der Waals surface area contributed by atoms with E-state index in [0.717, 1.165) is 26.1 Å². The maximum Gasteiger partial charge on any atom is 0.393 e. The molecular weight excluding hydrogens is 277 g/mol. The van der Waals surface area contributed by atoms with Crippen molar-refractivity contribution in [2.24, 2.45) is 11.8 Å². The van der Waals surface area contributed by atoms with Gasteiger partial charge >= 0.3 is 6.18 Å². The molecule has 21 heavy (non-hydrogen) atoms. The largest absolute Gasteiger partial charge is 0.393 e. The van der Waals surface area contributed by atoms with Gasteiger partial charge in [0, 0.05) is 19.1 Å². The van der Waals surface area contributed by atoms with Crippen molar-refractivity contribution in [1.29, 1.82) is 0 Å². The van der Waals surface area contributed by atoms with Crippen LogP contribution in [-0.2, 0) is 0 Å². The van der Waals surface area contributed by atoms with Gasteiger partial charge in [-0.2, -0.15) is 13.2 Å². The Balaban J connectivity index is 1.91. The van der Waals surface area contributed by atoms with E-state index in [1.165, 1.54) is 25.7 Å². The Hall–Kier alpha value is -0.290. The van der Waals surface area contributed by atoms with Crippen LogP contribution in [0.2, 0.25) is 0 Å². The van der Waals surface area contributed by atoms with Gasteiger partial charge in [-0.25, -0.2) is 0 Å². The molecule has 3 unspecified atom stereocenters. The van der Waals surface area contributed by atoms with Gasteiger partial charge < -0.3 is 10.2 Å². The maximum atomic E-state index is 12.9. The van der Waals surface area contributed by atoms with Crippen LogP contribution < -0.4 is 5.32 Å². The maximum absolute atomic E-state index is 12.9. The monoisotopic (exact) mass is 306 g/mol. The third kappa shape index (κ3) is 5.13. The highest BCUT2D eigenvalue weighted by molar-refractivity contribution is 4.85. The molecule has 2 rings (SSSR count). The lowest BCUT2D eigenvalue weighted by Gasteiger charge is -2.37. The molecule has 2 nitrogen and oxygen atoms in total. The number of hydrogen-bond acceptors (Lipinski definition) is 2. The molecule has 0 aromatic rings. The molecule has 1 aliphatic heterocycles. The minimum Gasteiger partial charge on any atom is -0.314 e. The summed E-state index contributed by atoms with van der Waals surface area (Å²) in [5.74, 6) is -0.603. The minimum absolute atomic E-state index is 0.207. The number of likely N-dealkylation sites (tertiary alicyclic amines) is 1. The van der Waals surface area contributed by atoms with Crippen LogP contribution in [0.25, 0.3) is 0 Å². The first-order valence-corrected chi connectivity index (χ1v) is 8.53. The van der Waals surface area contributed by atoms with Crippen molar-refractivity contribution >= 4 is 0 Å². The SMILES string of the molecule is CCNC1CCCCCC1CN1CCCC(C(F)(F)F)C1. The zero-order chi connectivity index (χ0) is 15.3. The summed E-state index contributed by atoms with van der Waals surface area (Å²) in [4.78, 5) is 2.07. The Morgan fingerprint density at radius 2 is 1.81 bits per heavy atom. The Labute approximate surface area is 126 Å². The first-order valence-electron chi connectivity index (χ1n) is 8.53. The molecule has 1 heterocycles. The summed E-state index contributed by atoms with van der Waals surface area (Å²) < 4.78 is 38.7. The van der Waals surface area contributed by atoms with E-state index in [4.69, 9.17) is 0 Å². The van der Waals surface area contributed by atoms with Crippen LogP contribution >= 0.6 is 0 Å². The van der Waals surface area contributed by atoms with Crippen molar-refractivity contribution in [3.8, 4) is 0 Å². The first kappa shape index (κ1) is 17.1. The first-order chi connectivity index (χ1) is 10.0. The molecule has 2 fully saturated rings. The molecule has 2 aliphatic rings. The fourth-order valence-electron chi connectivity index (χ4n) is 3.95. The van der Waals surface area contributed by atoms with Crippen molar-refractivity contribution in [1.82, 2.24) is 10.2 Å². The van der Waals surface area contributed by atoms with Gasteiger partial charge in [-0.15, -0.1) is 0 Å². The summed E-state index contributed by atoms with van der Waals surface area (Å²) in [6.07, 6.45) is 3.04. The number of halogens is 3. The molecule has 0 aromatic heterocycles. The Morgan fingerprint density at radius 3 is 2.52 bits per heavy atom. The second-order valence-electron chi connectivity index (χ2n) is 6.70. The van der Waals surface area contributed by atoms with Crippen LogP contribution in [0.15, 0.2) is 0 Å². The predicted molar refractivity (Wildman–Crippen MR) is 79.3 cm³/mol.